The lowest BCUT2D eigenvalue weighted by Gasteiger charge is -2.32. The molecule has 3 nitrogen and oxygen atoms in total. The van der Waals surface area contributed by atoms with Gasteiger partial charge in [-0.2, -0.15) is 0 Å². The number of anilines is 1. The zero-order valence-corrected chi connectivity index (χ0v) is 14.8. The molecule has 118 valence electrons. The summed E-state index contributed by atoms with van der Waals surface area (Å²) in [6.45, 7) is 11.8. The number of nitrogens with zero attached hydrogens (tertiary/aromatic N) is 3. The minimum absolute atomic E-state index is 0.0837. The Bertz CT molecular complexity index is 494. The van der Waals surface area contributed by atoms with Crippen molar-refractivity contribution in [2.45, 2.75) is 78.2 Å². The molecule has 1 unspecified atom stereocenters. The SMILES string of the molecule is CCC1CCCCCN1c1nc(C(C)(C)C)nc(Cl)c1C. The van der Waals surface area contributed by atoms with Crippen molar-refractivity contribution in [1.82, 2.24) is 9.97 Å². The van der Waals surface area contributed by atoms with E-state index in [4.69, 9.17) is 16.6 Å². The Hall–Kier alpha value is -0.830. The predicted octanol–water partition coefficient (Wildman–Crippen LogP) is 4.89. The van der Waals surface area contributed by atoms with Crippen LogP contribution in [0, 0.1) is 6.92 Å². The maximum atomic E-state index is 6.40. The first-order chi connectivity index (χ1) is 9.84. The van der Waals surface area contributed by atoms with Gasteiger partial charge in [0.15, 0.2) is 0 Å². The third kappa shape index (κ3) is 3.68. The summed E-state index contributed by atoms with van der Waals surface area (Å²) >= 11 is 6.40. The minimum Gasteiger partial charge on any atom is -0.353 e. The second kappa shape index (κ2) is 6.51. The molecular weight excluding hydrogens is 282 g/mol. The van der Waals surface area contributed by atoms with Crippen LogP contribution in [0.3, 0.4) is 0 Å². The third-order valence-corrected chi connectivity index (χ3v) is 4.72. The molecule has 1 aromatic heterocycles. The summed E-state index contributed by atoms with van der Waals surface area (Å²) < 4.78 is 0. The monoisotopic (exact) mass is 309 g/mol. The van der Waals surface area contributed by atoms with Gasteiger partial charge in [0.2, 0.25) is 0 Å². The molecular formula is C17H28ClN3. The van der Waals surface area contributed by atoms with Gasteiger partial charge >= 0.3 is 0 Å². The van der Waals surface area contributed by atoms with E-state index < -0.39 is 0 Å². The van der Waals surface area contributed by atoms with Crippen LogP contribution >= 0.6 is 11.6 Å². The maximum Gasteiger partial charge on any atom is 0.137 e. The zero-order chi connectivity index (χ0) is 15.6. The first kappa shape index (κ1) is 16.5. The van der Waals surface area contributed by atoms with Gasteiger partial charge in [-0.25, -0.2) is 9.97 Å². The van der Waals surface area contributed by atoms with Gasteiger partial charge in [-0.05, 0) is 26.2 Å². The van der Waals surface area contributed by atoms with Gasteiger partial charge in [0.1, 0.15) is 16.8 Å². The molecule has 1 aliphatic rings. The Kier molecular flexibility index (Phi) is 5.13. The largest absolute Gasteiger partial charge is 0.353 e. The molecule has 1 saturated heterocycles. The highest BCUT2D eigenvalue weighted by atomic mass is 35.5. The van der Waals surface area contributed by atoms with Gasteiger partial charge in [-0.1, -0.05) is 52.1 Å². The van der Waals surface area contributed by atoms with E-state index in [0.717, 1.165) is 30.2 Å². The maximum absolute atomic E-state index is 6.40. The summed E-state index contributed by atoms with van der Waals surface area (Å²) in [5.41, 5.74) is 0.935. The Balaban J connectivity index is 2.47. The van der Waals surface area contributed by atoms with E-state index in [9.17, 15) is 0 Å². The molecule has 0 saturated carbocycles. The van der Waals surface area contributed by atoms with Crippen LogP contribution < -0.4 is 4.90 Å². The molecule has 0 N–H and O–H groups in total. The lowest BCUT2D eigenvalue weighted by Crippen LogP contribution is -2.36. The van der Waals surface area contributed by atoms with Crippen LogP contribution in [0.25, 0.3) is 0 Å². The van der Waals surface area contributed by atoms with Crippen LogP contribution in [-0.4, -0.2) is 22.6 Å². The molecule has 0 amide bonds. The van der Waals surface area contributed by atoms with Gasteiger partial charge in [-0.3, -0.25) is 0 Å². The zero-order valence-electron chi connectivity index (χ0n) is 14.0. The van der Waals surface area contributed by atoms with Crippen molar-refractivity contribution >= 4 is 17.4 Å². The van der Waals surface area contributed by atoms with E-state index in [0.29, 0.717) is 11.2 Å². The van der Waals surface area contributed by atoms with Crippen LogP contribution in [0.2, 0.25) is 5.15 Å². The molecule has 0 radical (unpaired) electrons. The van der Waals surface area contributed by atoms with Crippen LogP contribution in [0.1, 0.15) is 71.2 Å². The lowest BCUT2D eigenvalue weighted by atomic mass is 9.95. The molecule has 0 spiro atoms. The first-order valence-electron chi connectivity index (χ1n) is 8.16. The average molecular weight is 310 g/mol. The van der Waals surface area contributed by atoms with Crippen LogP contribution in [0.15, 0.2) is 0 Å². The van der Waals surface area contributed by atoms with Crippen molar-refractivity contribution in [3.05, 3.63) is 16.5 Å². The second-order valence-corrected chi connectivity index (χ2v) is 7.50. The smallest absolute Gasteiger partial charge is 0.137 e. The fraction of sp³-hybridized carbons (Fsp3) is 0.765. The van der Waals surface area contributed by atoms with Gasteiger partial charge in [0.05, 0.1) is 0 Å². The number of halogens is 1. The molecule has 21 heavy (non-hydrogen) atoms. The van der Waals surface area contributed by atoms with Crippen molar-refractivity contribution in [1.29, 1.82) is 0 Å². The predicted molar refractivity (Wildman–Crippen MR) is 90.4 cm³/mol. The number of hydrogen-bond acceptors (Lipinski definition) is 3. The molecule has 1 aliphatic heterocycles. The van der Waals surface area contributed by atoms with Crippen molar-refractivity contribution in [2.24, 2.45) is 0 Å². The molecule has 1 atom stereocenters. The van der Waals surface area contributed by atoms with Crippen LogP contribution in [0.5, 0.6) is 0 Å². The molecule has 2 heterocycles. The van der Waals surface area contributed by atoms with E-state index in [1.54, 1.807) is 0 Å². The fourth-order valence-corrected chi connectivity index (χ4v) is 3.14. The summed E-state index contributed by atoms with van der Waals surface area (Å²) in [4.78, 5) is 11.9. The van der Waals surface area contributed by atoms with E-state index in [1.165, 1.54) is 25.7 Å². The summed E-state index contributed by atoms with van der Waals surface area (Å²) in [6.07, 6.45) is 6.28. The highest BCUT2D eigenvalue weighted by Gasteiger charge is 2.26. The van der Waals surface area contributed by atoms with Gasteiger partial charge < -0.3 is 4.90 Å². The fourth-order valence-electron chi connectivity index (χ4n) is 2.97. The number of hydrogen-bond donors (Lipinski definition) is 0. The summed E-state index contributed by atoms with van der Waals surface area (Å²) in [6, 6.07) is 0.574. The minimum atomic E-state index is -0.0837. The quantitative estimate of drug-likeness (QED) is 0.728. The molecule has 2 rings (SSSR count). The first-order valence-corrected chi connectivity index (χ1v) is 8.53. The van der Waals surface area contributed by atoms with Crippen molar-refractivity contribution in [3.63, 3.8) is 0 Å². The Morgan fingerprint density at radius 1 is 1.19 bits per heavy atom. The van der Waals surface area contributed by atoms with Crippen molar-refractivity contribution in [2.75, 3.05) is 11.4 Å². The van der Waals surface area contributed by atoms with E-state index in [-0.39, 0.29) is 5.41 Å². The van der Waals surface area contributed by atoms with Crippen LogP contribution in [0.4, 0.5) is 5.82 Å². The molecule has 0 aromatic carbocycles. The Morgan fingerprint density at radius 2 is 1.90 bits per heavy atom. The number of aromatic nitrogens is 2. The summed E-state index contributed by atoms with van der Waals surface area (Å²) in [5, 5.41) is 0.601. The third-order valence-electron chi connectivity index (χ3n) is 4.35. The molecule has 4 heteroatoms. The van der Waals surface area contributed by atoms with Gasteiger partial charge in [0, 0.05) is 23.6 Å². The standard InChI is InChI=1S/C17H28ClN3/c1-6-13-10-8-7-9-11-21(13)15-12(2)14(18)19-16(20-15)17(3,4)5/h13H,6-11H2,1-5H3. The topological polar surface area (TPSA) is 29.0 Å². The molecule has 1 aromatic rings. The molecule has 1 fully saturated rings. The van der Waals surface area contributed by atoms with E-state index in [2.05, 4.69) is 37.6 Å². The van der Waals surface area contributed by atoms with Crippen molar-refractivity contribution in [3.8, 4) is 0 Å². The molecule has 0 aliphatic carbocycles. The highest BCUT2D eigenvalue weighted by Crippen LogP contribution is 2.32. The van der Waals surface area contributed by atoms with Gasteiger partial charge in [-0.15, -0.1) is 0 Å². The normalized spacial score (nSPS) is 20.5. The Labute approximate surface area is 134 Å². The summed E-state index contributed by atoms with van der Waals surface area (Å²) in [7, 11) is 0. The Morgan fingerprint density at radius 3 is 2.52 bits per heavy atom. The average Bonchev–Trinajstić information content (AvgIpc) is 2.65. The summed E-state index contributed by atoms with van der Waals surface area (Å²) in [5.74, 6) is 1.89. The van der Waals surface area contributed by atoms with Crippen LogP contribution in [-0.2, 0) is 5.41 Å². The van der Waals surface area contributed by atoms with Crippen molar-refractivity contribution < 1.29 is 0 Å². The van der Waals surface area contributed by atoms with E-state index >= 15 is 0 Å². The van der Waals surface area contributed by atoms with E-state index in [1.807, 2.05) is 6.92 Å². The number of rotatable bonds is 2. The van der Waals surface area contributed by atoms with Gasteiger partial charge in [0.25, 0.3) is 0 Å². The molecule has 0 bridgehead atoms. The second-order valence-electron chi connectivity index (χ2n) is 7.14. The lowest BCUT2D eigenvalue weighted by molar-refractivity contribution is 0.528. The highest BCUT2D eigenvalue weighted by molar-refractivity contribution is 6.30.